The summed E-state index contributed by atoms with van der Waals surface area (Å²) in [6, 6.07) is -2.22. The molecule has 6 unspecified atom stereocenters. The van der Waals surface area contributed by atoms with Crippen LogP contribution in [0.2, 0.25) is 0 Å². The average Bonchev–Trinajstić information content (AvgIpc) is 3.57. The molecule has 0 radical (unpaired) electrons. The van der Waals surface area contributed by atoms with E-state index in [1.807, 2.05) is 25.7 Å². The Hall–Kier alpha value is -2.74. The molecule has 0 aliphatic rings. The molecule has 3 rings (SSSR count). The number of aliphatic hydroxyl groups is 3. The third-order valence-electron chi connectivity index (χ3n) is 5.52. The standard InChI is InChI=1S/C18H30N10O3/c1-4-13(29)16(10-7-19-25-22-10)28(17(14(30)5-2)11-8-20-26-23-11)18(15(31)6-3)12-9-21-27-24-12/h7-9,13-18,29-31H,4-6H2,1-3H3,(H,19,22,25)(H,20,23,26)(H,21,24,27). The van der Waals surface area contributed by atoms with Crippen LogP contribution in [0.15, 0.2) is 18.6 Å². The van der Waals surface area contributed by atoms with E-state index in [0.717, 1.165) is 0 Å². The van der Waals surface area contributed by atoms with E-state index in [9.17, 15) is 15.3 Å². The summed E-state index contributed by atoms with van der Waals surface area (Å²) in [5.41, 5.74) is 1.38. The van der Waals surface area contributed by atoms with E-state index < -0.39 is 36.4 Å². The van der Waals surface area contributed by atoms with Crippen molar-refractivity contribution < 1.29 is 15.3 Å². The van der Waals surface area contributed by atoms with Crippen LogP contribution < -0.4 is 0 Å². The number of hydrogen-bond acceptors (Lipinski definition) is 10. The number of aromatic nitrogens is 9. The van der Waals surface area contributed by atoms with Gasteiger partial charge in [0.05, 0.1) is 55.0 Å². The molecule has 0 aliphatic heterocycles. The van der Waals surface area contributed by atoms with E-state index >= 15 is 0 Å². The fourth-order valence-electron chi connectivity index (χ4n) is 3.89. The van der Waals surface area contributed by atoms with Crippen molar-refractivity contribution in [2.45, 2.75) is 76.5 Å². The maximum Gasteiger partial charge on any atom is 0.102 e. The Morgan fingerprint density at radius 3 is 1.13 bits per heavy atom. The largest absolute Gasteiger partial charge is 0.391 e. The summed E-state index contributed by atoms with van der Waals surface area (Å²) in [5, 5.41) is 65.4. The smallest absolute Gasteiger partial charge is 0.102 e. The van der Waals surface area contributed by atoms with Crippen molar-refractivity contribution in [1.82, 2.24) is 51.1 Å². The van der Waals surface area contributed by atoms with Crippen molar-refractivity contribution in [3.8, 4) is 0 Å². The van der Waals surface area contributed by atoms with Gasteiger partial charge in [0, 0.05) is 0 Å². The molecule has 13 nitrogen and oxygen atoms in total. The molecule has 0 aliphatic carbocycles. The van der Waals surface area contributed by atoms with Gasteiger partial charge in [-0.1, -0.05) is 20.8 Å². The molecule has 0 saturated heterocycles. The van der Waals surface area contributed by atoms with Crippen LogP contribution in [0.5, 0.6) is 0 Å². The zero-order valence-corrected chi connectivity index (χ0v) is 17.8. The van der Waals surface area contributed by atoms with Crippen LogP contribution in [0.1, 0.15) is 75.2 Å². The number of aliphatic hydroxyl groups excluding tert-OH is 3. The maximum absolute atomic E-state index is 11.1. The Bertz CT molecular complexity index is 743. The van der Waals surface area contributed by atoms with E-state index in [1.54, 1.807) is 0 Å². The van der Waals surface area contributed by atoms with Gasteiger partial charge >= 0.3 is 0 Å². The van der Waals surface area contributed by atoms with Crippen molar-refractivity contribution in [2.24, 2.45) is 0 Å². The lowest BCUT2D eigenvalue weighted by molar-refractivity contribution is -0.0868. The lowest BCUT2D eigenvalue weighted by Crippen LogP contribution is -2.49. The zero-order chi connectivity index (χ0) is 22.4. The Labute approximate surface area is 179 Å². The minimum absolute atomic E-state index is 0.398. The molecule has 170 valence electrons. The molecule has 13 heteroatoms. The summed E-state index contributed by atoms with van der Waals surface area (Å²) in [6.07, 6.45) is 3.10. The van der Waals surface area contributed by atoms with Gasteiger partial charge in [0.1, 0.15) is 17.1 Å². The molecule has 0 saturated carbocycles. The third kappa shape index (κ3) is 4.79. The summed E-state index contributed by atoms with van der Waals surface area (Å²) in [7, 11) is 0. The minimum Gasteiger partial charge on any atom is -0.391 e. The molecule has 6 atom stereocenters. The molecular weight excluding hydrogens is 404 g/mol. The lowest BCUT2D eigenvalue weighted by Gasteiger charge is -2.45. The van der Waals surface area contributed by atoms with Gasteiger partial charge < -0.3 is 15.3 Å². The Morgan fingerprint density at radius 2 is 0.935 bits per heavy atom. The van der Waals surface area contributed by atoms with Gasteiger partial charge in [-0.2, -0.15) is 46.2 Å². The molecule has 3 aromatic heterocycles. The monoisotopic (exact) mass is 434 g/mol. The van der Waals surface area contributed by atoms with Gasteiger partial charge in [-0.05, 0) is 19.3 Å². The number of rotatable bonds is 12. The second kappa shape index (κ2) is 10.5. The number of hydrogen-bond donors (Lipinski definition) is 6. The molecule has 3 aromatic rings. The SMILES string of the molecule is CCC(O)C(c1cn[nH]n1)N(C(c1cn[nH]n1)C(O)CC)C(c1cn[nH]n1)C(O)CC. The van der Waals surface area contributed by atoms with Crippen LogP contribution in [-0.4, -0.2) is 84.8 Å². The Morgan fingerprint density at radius 1 is 0.645 bits per heavy atom. The summed E-state index contributed by atoms with van der Waals surface area (Å²) in [4.78, 5) is 1.81. The first kappa shape index (κ1) is 22.9. The fourth-order valence-corrected chi connectivity index (χ4v) is 3.89. The summed E-state index contributed by atoms with van der Waals surface area (Å²) in [6.45, 7) is 5.54. The predicted octanol–water partition coefficient (Wildman–Crippen LogP) is 0.179. The van der Waals surface area contributed by atoms with Crippen LogP contribution in [0.25, 0.3) is 0 Å². The van der Waals surface area contributed by atoms with Gasteiger partial charge in [-0.25, -0.2) is 0 Å². The minimum atomic E-state index is -0.887. The highest BCUT2D eigenvalue weighted by Crippen LogP contribution is 2.43. The second-order valence-electron chi connectivity index (χ2n) is 7.39. The molecule has 6 N–H and O–H groups in total. The molecule has 0 amide bonds. The second-order valence-corrected chi connectivity index (χ2v) is 7.39. The van der Waals surface area contributed by atoms with Gasteiger partial charge in [0.2, 0.25) is 0 Å². The summed E-state index contributed by atoms with van der Waals surface area (Å²) in [5.74, 6) is 0. The van der Waals surface area contributed by atoms with Crippen molar-refractivity contribution in [2.75, 3.05) is 0 Å². The van der Waals surface area contributed by atoms with Gasteiger partial charge in [0.25, 0.3) is 0 Å². The van der Waals surface area contributed by atoms with Crippen LogP contribution in [0.3, 0.4) is 0 Å². The highest BCUT2D eigenvalue weighted by molar-refractivity contribution is 5.16. The lowest BCUT2D eigenvalue weighted by atomic mass is 9.90. The van der Waals surface area contributed by atoms with E-state index in [1.165, 1.54) is 18.6 Å². The van der Waals surface area contributed by atoms with Crippen LogP contribution in [0.4, 0.5) is 0 Å². The van der Waals surface area contributed by atoms with Crippen LogP contribution in [-0.2, 0) is 0 Å². The van der Waals surface area contributed by atoms with E-state index in [4.69, 9.17) is 0 Å². The van der Waals surface area contributed by atoms with Crippen molar-refractivity contribution >= 4 is 0 Å². The molecule has 31 heavy (non-hydrogen) atoms. The average molecular weight is 435 g/mol. The normalized spacial score (nSPS) is 17.9. The van der Waals surface area contributed by atoms with Crippen LogP contribution in [0, 0.1) is 0 Å². The first-order valence-corrected chi connectivity index (χ1v) is 10.4. The topological polar surface area (TPSA) is 189 Å². The van der Waals surface area contributed by atoms with Gasteiger partial charge in [-0.15, -0.1) is 0 Å². The number of aromatic amines is 3. The number of H-pyrrole nitrogens is 3. The fraction of sp³-hybridized carbons (Fsp3) is 0.667. The summed E-state index contributed by atoms with van der Waals surface area (Å²) >= 11 is 0. The van der Waals surface area contributed by atoms with E-state index in [0.29, 0.717) is 36.3 Å². The molecule has 0 bridgehead atoms. The first-order valence-electron chi connectivity index (χ1n) is 10.4. The number of nitrogens with one attached hydrogen (secondary N) is 3. The summed E-state index contributed by atoms with van der Waals surface area (Å²) < 4.78 is 0. The first-order chi connectivity index (χ1) is 15.0. The van der Waals surface area contributed by atoms with E-state index in [2.05, 4.69) is 46.2 Å². The van der Waals surface area contributed by atoms with Gasteiger partial charge in [0.15, 0.2) is 0 Å². The maximum atomic E-state index is 11.1. The number of nitrogens with zero attached hydrogens (tertiary/aromatic N) is 7. The quantitative estimate of drug-likeness (QED) is 0.229. The Balaban J connectivity index is 2.25. The van der Waals surface area contributed by atoms with Gasteiger partial charge in [-0.3, -0.25) is 4.90 Å². The Kier molecular flexibility index (Phi) is 7.79. The molecule has 3 heterocycles. The van der Waals surface area contributed by atoms with Crippen LogP contribution >= 0.6 is 0 Å². The van der Waals surface area contributed by atoms with Crippen molar-refractivity contribution in [3.05, 3.63) is 35.7 Å². The van der Waals surface area contributed by atoms with Crippen molar-refractivity contribution in [3.63, 3.8) is 0 Å². The van der Waals surface area contributed by atoms with Crippen molar-refractivity contribution in [1.29, 1.82) is 0 Å². The third-order valence-corrected chi connectivity index (χ3v) is 5.52. The highest BCUT2D eigenvalue weighted by atomic mass is 16.3. The highest BCUT2D eigenvalue weighted by Gasteiger charge is 2.45. The van der Waals surface area contributed by atoms with E-state index in [-0.39, 0.29) is 0 Å². The predicted molar refractivity (Wildman–Crippen MR) is 108 cm³/mol. The molecule has 0 fully saturated rings. The molecule has 0 spiro atoms. The molecule has 0 aromatic carbocycles. The molecular formula is C18H30N10O3. The zero-order valence-electron chi connectivity index (χ0n) is 17.8.